The lowest BCUT2D eigenvalue weighted by Gasteiger charge is -2.10. The maximum Gasteiger partial charge on any atom is 0.360 e. The second-order valence-electron chi connectivity index (χ2n) is 4.77. The summed E-state index contributed by atoms with van der Waals surface area (Å²) >= 11 is 0. The number of rotatable bonds is 3. The molecular formula is C16H12N2O4. The summed E-state index contributed by atoms with van der Waals surface area (Å²) in [5, 5.41) is 8.97. The molecule has 0 aliphatic rings. The van der Waals surface area contributed by atoms with Crippen molar-refractivity contribution in [2.45, 2.75) is 6.92 Å². The summed E-state index contributed by atoms with van der Waals surface area (Å²) in [6, 6.07) is 12.5. The number of carbonyl (C=O) groups is 1. The van der Waals surface area contributed by atoms with Gasteiger partial charge in [0, 0.05) is 6.07 Å². The minimum absolute atomic E-state index is 0.355. The molecule has 0 fully saturated rings. The Kier molecular flexibility index (Phi) is 3.34. The van der Waals surface area contributed by atoms with Crippen LogP contribution in [0.25, 0.3) is 11.0 Å². The quantitative estimate of drug-likeness (QED) is 0.775. The van der Waals surface area contributed by atoms with E-state index >= 15 is 0 Å². The Morgan fingerprint density at radius 1 is 1.23 bits per heavy atom. The van der Waals surface area contributed by atoms with Gasteiger partial charge in [-0.2, -0.15) is 0 Å². The van der Waals surface area contributed by atoms with E-state index in [0.717, 1.165) is 5.56 Å². The fraction of sp³-hybridized carbons (Fsp3) is 0.0625. The van der Waals surface area contributed by atoms with Crippen LogP contribution in [0.2, 0.25) is 0 Å². The number of nitrogens with zero attached hydrogens (tertiary/aromatic N) is 1. The monoisotopic (exact) mass is 296 g/mol. The number of para-hydroxylation sites is 1. The topological polar surface area (TPSA) is 92.3 Å². The summed E-state index contributed by atoms with van der Waals surface area (Å²) in [6.07, 6.45) is 0. The predicted molar refractivity (Wildman–Crippen MR) is 80.6 cm³/mol. The van der Waals surface area contributed by atoms with E-state index in [9.17, 15) is 9.59 Å². The minimum Gasteiger partial charge on any atom is -0.476 e. The molecular weight excluding hydrogens is 284 g/mol. The van der Waals surface area contributed by atoms with E-state index in [4.69, 9.17) is 9.84 Å². The van der Waals surface area contributed by atoms with Gasteiger partial charge in [0.05, 0.1) is 11.0 Å². The van der Waals surface area contributed by atoms with Gasteiger partial charge < -0.3 is 14.8 Å². The highest BCUT2D eigenvalue weighted by atomic mass is 16.5. The number of aromatic amines is 1. The number of nitrogens with one attached hydrogen (secondary N) is 1. The molecule has 22 heavy (non-hydrogen) atoms. The second-order valence-corrected chi connectivity index (χ2v) is 4.77. The molecule has 0 aliphatic heterocycles. The maximum absolute atomic E-state index is 11.6. The number of aromatic carboxylic acids is 1. The van der Waals surface area contributed by atoms with Crippen molar-refractivity contribution in [2.75, 3.05) is 0 Å². The van der Waals surface area contributed by atoms with Crippen molar-refractivity contribution in [1.29, 1.82) is 0 Å². The van der Waals surface area contributed by atoms with Crippen molar-refractivity contribution < 1.29 is 14.6 Å². The normalized spacial score (nSPS) is 10.6. The van der Waals surface area contributed by atoms with Gasteiger partial charge in [0.15, 0.2) is 0 Å². The van der Waals surface area contributed by atoms with E-state index in [0.29, 0.717) is 22.5 Å². The first-order valence-corrected chi connectivity index (χ1v) is 6.55. The van der Waals surface area contributed by atoms with Crippen LogP contribution in [-0.4, -0.2) is 21.0 Å². The van der Waals surface area contributed by atoms with Gasteiger partial charge in [-0.15, -0.1) is 0 Å². The lowest BCUT2D eigenvalue weighted by Crippen LogP contribution is -2.19. The van der Waals surface area contributed by atoms with Crippen LogP contribution in [0.15, 0.2) is 47.3 Å². The molecule has 0 spiro atoms. The van der Waals surface area contributed by atoms with E-state index < -0.39 is 17.2 Å². The predicted octanol–water partition coefficient (Wildman–Crippen LogP) is 2.72. The molecule has 0 saturated carbocycles. The fourth-order valence-corrected chi connectivity index (χ4v) is 2.09. The molecule has 110 valence electrons. The third-order valence-electron chi connectivity index (χ3n) is 3.16. The third-order valence-corrected chi connectivity index (χ3v) is 3.16. The summed E-state index contributed by atoms with van der Waals surface area (Å²) in [5.74, 6) is -0.156. The van der Waals surface area contributed by atoms with Gasteiger partial charge in [0.1, 0.15) is 11.5 Å². The smallest absolute Gasteiger partial charge is 0.360 e. The Bertz CT molecular complexity index is 917. The average Bonchev–Trinajstić information content (AvgIpc) is 2.48. The largest absolute Gasteiger partial charge is 0.476 e. The van der Waals surface area contributed by atoms with Gasteiger partial charge in [-0.05, 0) is 30.7 Å². The number of H-pyrrole nitrogens is 1. The number of carboxylic acid groups (broad SMARTS) is 1. The molecule has 0 unspecified atom stereocenters. The van der Waals surface area contributed by atoms with Gasteiger partial charge >= 0.3 is 5.97 Å². The van der Waals surface area contributed by atoms with Crippen LogP contribution in [0.1, 0.15) is 16.1 Å². The number of hydrogen-bond donors (Lipinski definition) is 2. The highest BCUT2D eigenvalue weighted by Crippen LogP contribution is 2.27. The van der Waals surface area contributed by atoms with Crippen molar-refractivity contribution in [2.24, 2.45) is 0 Å². The first-order chi connectivity index (χ1) is 10.5. The van der Waals surface area contributed by atoms with Crippen molar-refractivity contribution >= 4 is 17.0 Å². The molecule has 2 N–H and O–H groups in total. The zero-order valence-corrected chi connectivity index (χ0v) is 11.7. The summed E-state index contributed by atoms with van der Waals surface area (Å²) in [7, 11) is 0. The van der Waals surface area contributed by atoms with Crippen molar-refractivity contribution in [3.63, 3.8) is 0 Å². The summed E-state index contributed by atoms with van der Waals surface area (Å²) in [6.45, 7) is 1.83. The Morgan fingerprint density at radius 2 is 1.95 bits per heavy atom. The van der Waals surface area contributed by atoms with Gasteiger partial charge in [0.2, 0.25) is 5.69 Å². The minimum atomic E-state index is -1.37. The summed E-state index contributed by atoms with van der Waals surface area (Å²) in [5.41, 5.74) is 0.358. The van der Waals surface area contributed by atoms with Crippen molar-refractivity contribution in [3.8, 4) is 11.5 Å². The van der Waals surface area contributed by atoms with Gasteiger partial charge in [-0.3, -0.25) is 4.79 Å². The molecule has 1 aromatic heterocycles. The van der Waals surface area contributed by atoms with Crippen LogP contribution in [0.5, 0.6) is 11.5 Å². The van der Waals surface area contributed by atoms with Gasteiger partial charge in [-0.1, -0.05) is 18.2 Å². The van der Waals surface area contributed by atoms with Crippen LogP contribution in [0, 0.1) is 6.92 Å². The number of hydrogen-bond acceptors (Lipinski definition) is 4. The zero-order chi connectivity index (χ0) is 15.7. The van der Waals surface area contributed by atoms with Gasteiger partial charge in [-0.25, -0.2) is 9.78 Å². The van der Waals surface area contributed by atoms with Crippen LogP contribution in [0.4, 0.5) is 0 Å². The highest BCUT2D eigenvalue weighted by molar-refractivity contribution is 5.88. The standard InChI is InChI=1S/C16H12N2O4/c1-9-7-11-12(17-14(16(20)21)15(19)18-11)8-13(9)22-10-5-3-2-4-6-10/h2-8H,1H3,(H,18,19)(H,20,21). The summed E-state index contributed by atoms with van der Waals surface area (Å²) < 4.78 is 5.77. The van der Waals surface area contributed by atoms with Crippen LogP contribution in [0.3, 0.4) is 0 Å². The Hall–Kier alpha value is -3.15. The van der Waals surface area contributed by atoms with E-state index in [1.165, 1.54) is 0 Å². The fourth-order valence-electron chi connectivity index (χ4n) is 2.09. The molecule has 0 bridgehead atoms. The third kappa shape index (κ3) is 2.54. The first kappa shape index (κ1) is 13.8. The van der Waals surface area contributed by atoms with Crippen molar-refractivity contribution in [1.82, 2.24) is 9.97 Å². The van der Waals surface area contributed by atoms with Crippen LogP contribution in [-0.2, 0) is 0 Å². The number of benzene rings is 2. The number of carboxylic acids is 1. The lowest BCUT2D eigenvalue weighted by atomic mass is 10.2. The van der Waals surface area contributed by atoms with Crippen LogP contribution >= 0.6 is 0 Å². The Labute approximate surface area is 125 Å². The molecule has 0 saturated heterocycles. The molecule has 3 rings (SSSR count). The zero-order valence-electron chi connectivity index (χ0n) is 11.7. The van der Waals surface area contributed by atoms with Gasteiger partial charge in [0.25, 0.3) is 5.56 Å². The number of ether oxygens (including phenoxy) is 1. The Balaban J connectivity index is 2.12. The number of fused-ring (bicyclic) bond motifs is 1. The SMILES string of the molecule is Cc1cc2[nH]c(=O)c(C(=O)O)nc2cc1Oc1ccccc1. The molecule has 0 amide bonds. The highest BCUT2D eigenvalue weighted by Gasteiger charge is 2.13. The van der Waals surface area contributed by atoms with E-state index in [2.05, 4.69) is 9.97 Å². The van der Waals surface area contributed by atoms with E-state index in [-0.39, 0.29) is 0 Å². The molecule has 6 heteroatoms. The molecule has 0 aliphatic carbocycles. The molecule has 0 atom stereocenters. The second kappa shape index (κ2) is 5.33. The molecule has 3 aromatic rings. The van der Waals surface area contributed by atoms with Crippen LogP contribution < -0.4 is 10.3 Å². The maximum atomic E-state index is 11.6. The number of aryl methyl sites for hydroxylation is 1. The number of aromatic nitrogens is 2. The lowest BCUT2D eigenvalue weighted by molar-refractivity contribution is 0.0689. The molecule has 6 nitrogen and oxygen atoms in total. The van der Waals surface area contributed by atoms with E-state index in [1.54, 1.807) is 12.1 Å². The Morgan fingerprint density at radius 3 is 2.64 bits per heavy atom. The summed E-state index contributed by atoms with van der Waals surface area (Å²) in [4.78, 5) is 29.0. The molecule has 2 aromatic carbocycles. The molecule has 0 radical (unpaired) electrons. The average molecular weight is 296 g/mol. The van der Waals surface area contributed by atoms with Crippen molar-refractivity contribution in [3.05, 3.63) is 64.1 Å². The van der Waals surface area contributed by atoms with E-state index in [1.807, 2.05) is 37.3 Å². The first-order valence-electron chi connectivity index (χ1n) is 6.55. The molecule has 1 heterocycles.